The SMILES string of the molecule is C=CCN(CCCC)C(=O)C1N(CCCCO)C(=O)[C@@H]2[C@H](C(=O)OCC)[C@]3(C)CCC12S3. The molecule has 180 valence electrons. The molecule has 32 heavy (non-hydrogen) atoms. The van der Waals surface area contributed by atoms with Gasteiger partial charge < -0.3 is 19.6 Å². The van der Waals surface area contributed by atoms with E-state index in [1.807, 2.05) is 4.90 Å². The maximum Gasteiger partial charge on any atom is 0.311 e. The van der Waals surface area contributed by atoms with Crippen LogP contribution in [0.3, 0.4) is 0 Å². The number of esters is 1. The first-order valence-electron chi connectivity index (χ1n) is 12.0. The van der Waals surface area contributed by atoms with Crippen molar-refractivity contribution in [1.29, 1.82) is 0 Å². The summed E-state index contributed by atoms with van der Waals surface area (Å²) in [5.41, 5.74) is 0. The molecule has 0 radical (unpaired) electrons. The van der Waals surface area contributed by atoms with Gasteiger partial charge in [0.2, 0.25) is 11.8 Å². The number of carbonyl (C=O) groups excluding carboxylic acids is 3. The second-order valence-corrected chi connectivity index (χ2v) is 11.3. The van der Waals surface area contributed by atoms with E-state index in [1.54, 1.807) is 29.7 Å². The first-order valence-corrected chi connectivity index (χ1v) is 12.8. The molecule has 7 nitrogen and oxygen atoms in total. The number of nitrogens with zero attached hydrogens (tertiary/aromatic N) is 2. The fourth-order valence-electron chi connectivity index (χ4n) is 5.90. The Morgan fingerprint density at radius 2 is 2.06 bits per heavy atom. The quantitative estimate of drug-likeness (QED) is 0.270. The Kier molecular flexibility index (Phi) is 7.97. The van der Waals surface area contributed by atoms with Crippen LogP contribution in [-0.2, 0) is 19.1 Å². The minimum Gasteiger partial charge on any atom is -0.466 e. The summed E-state index contributed by atoms with van der Waals surface area (Å²) in [6, 6.07) is -0.596. The number of fused-ring (bicyclic) bond motifs is 1. The summed E-state index contributed by atoms with van der Waals surface area (Å²) in [5, 5.41) is 9.25. The van der Waals surface area contributed by atoms with Gasteiger partial charge in [-0.15, -0.1) is 18.3 Å². The minimum absolute atomic E-state index is 0.0422. The highest BCUT2D eigenvalue weighted by Crippen LogP contribution is 2.71. The van der Waals surface area contributed by atoms with Crippen molar-refractivity contribution in [2.75, 3.05) is 32.8 Å². The Morgan fingerprint density at radius 3 is 2.69 bits per heavy atom. The number of hydrogen-bond donors (Lipinski definition) is 1. The van der Waals surface area contributed by atoms with E-state index in [0.717, 1.165) is 25.7 Å². The summed E-state index contributed by atoms with van der Waals surface area (Å²) >= 11 is 1.67. The normalized spacial score (nSPS) is 32.8. The van der Waals surface area contributed by atoms with Gasteiger partial charge in [0, 0.05) is 31.0 Å². The topological polar surface area (TPSA) is 87.2 Å². The fraction of sp³-hybridized carbons (Fsp3) is 0.792. The maximum absolute atomic E-state index is 14.0. The van der Waals surface area contributed by atoms with Crippen molar-refractivity contribution in [3.05, 3.63) is 12.7 Å². The number of ether oxygens (including phenoxy) is 1. The largest absolute Gasteiger partial charge is 0.466 e. The van der Waals surface area contributed by atoms with Crippen LogP contribution in [0.5, 0.6) is 0 Å². The minimum atomic E-state index is -0.606. The van der Waals surface area contributed by atoms with Gasteiger partial charge in [-0.2, -0.15) is 0 Å². The first kappa shape index (κ1) is 25.1. The standard InChI is InChI=1S/C24H38N2O5S/c1-5-8-14-25(13-6-2)21(29)19-24-12-11-23(4,32-24)18(22(30)31-7-3)17(24)20(28)26(19)15-9-10-16-27/h6,17-19,27H,2,5,7-16H2,1,3-4H3/t17-,18+,19?,23-,24?/m0/s1. The molecule has 3 fully saturated rings. The van der Waals surface area contributed by atoms with Crippen LogP contribution >= 0.6 is 11.8 Å². The highest BCUT2D eigenvalue weighted by molar-refractivity contribution is 8.02. The van der Waals surface area contributed by atoms with Gasteiger partial charge >= 0.3 is 5.97 Å². The third-order valence-electron chi connectivity index (χ3n) is 7.30. The predicted molar refractivity (Wildman–Crippen MR) is 125 cm³/mol. The van der Waals surface area contributed by atoms with Crippen LogP contribution in [0.1, 0.15) is 59.3 Å². The third-order valence-corrected chi connectivity index (χ3v) is 9.29. The molecule has 2 bridgehead atoms. The van der Waals surface area contributed by atoms with E-state index < -0.39 is 27.4 Å². The van der Waals surface area contributed by atoms with Crippen LogP contribution in [-0.4, -0.2) is 81.1 Å². The molecule has 2 unspecified atom stereocenters. The monoisotopic (exact) mass is 466 g/mol. The van der Waals surface area contributed by atoms with E-state index in [1.165, 1.54) is 0 Å². The van der Waals surface area contributed by atoms with Crippen molar-refractivity contribution in [2.24, 2.45) is 11.8 Å². The summed E-state index contributed by atoms with van der Waals surface area (Å²) in [6.07, 6.45) is 6.31. The number of rotatable bonds is 12. The van der Waals surface area contributed by atoms with Crippen molar-refractivity contribution in [1.82, 2.24) is 9.80 Å². The van der Waals surface area contributed by atoms with Crippen LogP contribution in [0.25, 0.3) is 0 Å². The lowest BCUT2D eigenvalue weighted by molar-refractivity contribution is -0.155. The third kappa shape index (κ3) is 4.09. The summed E-state index contributed by atoms with van der Waals surface area (Å²) in [6.45, 7) is 11.5. The summed E-state index contributed by atoms with van der Waals surface area (Å²) in [7, 11) is 0. The van der Waals surface area contributed by atoms with Gasteiger partial charge in [0.25, 0.3) is 0 Å². The van der Waals surface area contributed by atoms with Gasteiger partial charge in [-0.05, 0) is 46.0 Å². The number of carbonyl (C=O) groups is 3. The molecule has 0 aliphatic carbocycles. The Labute approximate surface area is 195 Å². The zero-order valence-corrected chi connectivity index (χ0v) is 20.5. The average Bonchev–Trinajstić information content (AvgIpc) is 3.32. The van der Waals surface area contributed by atoms with Gasteiger partial charge in [0.15, 0.2) is 0 Å². The van der Waals surface area contributed by atoms with Crippen molar-refractivity contribution < 1.29 is 24.2 Å². The molecule has 3 aliphatic rings. The second-order valence-electron chi connectivity index (χ2n) is 9.37. The average molecular weight is 467 g/mol. The molecule has 3 saturated heterocycles. The molecule has 1 N–H and O–H groups in total. The number of thioether (sulfide) groups is 1. The molecule has 3 rings (SSSR count). The molecule has 8 heteroatoms. The van der Waals surface area contributed by atoms with Gasteiger partial charge in [-0.3, -0.25) is 14.4 Å². The van der Waals surface area contributed by atoms with Crippen molar-refractivity contribution in [3.63, 3.8) is 0 Å². The summed E-state index contributed by atoms with van der Waals surface area (Å²) < 4.78 is 4.40. The molecular weight excluding hydrogens is 428 g/mol. The number of unbranched alkanes of at least 4 members (excludes halogenated alkanes) is 2. The number of amides is 2. The Balaban J connectivity index is 2.01. The van der Waals surface area contributed by atoms with E-state index in [2.05, 4.69) is 20.4 Å². The Bertz CT molecular complexity index is 746. The lowest BCUT2D eigenvalue weighted by Gasteiger charge is -2.37. The zero-order valence-electron chi connectivity index (χ0n) is 19.7. The van der Waals surface area contributed by atoms with Crippen LogP contribution in [0.4, 0.5) is 0 Å². The molecule has 5 atom stereocenters. The number of aliphatic hydroxyl groups excluding tert-OH is 1. The number of aliphatic hydroxyl groups is 1. The maximum atomic E-state index is 14.0. The van der Waals surface area contributed by atoms with E-state index >= 15 is 0 Å². The molecule has 0 aromatic rings. The van der Waals surface area contributed by atoms with Crippen LogP contribution in [0.2, 0.25) is 0 Å². The molecular formula is C24H38N2O5S. The van der Waals surface area contributed by atoms with Crippen molar-refractivity contribution in [2.45, 2.75) is 74.8 Å². The lowest BCUT2D eigenvalue weighted by atomic mass is 9.66. The van der Waals surface area contributed by atoms with Crippen molar-refractivity contribution >= 4 is 29.5 Å². The van der Waals surface area contributed by atoms with E-state index in [0.29, 0.717) is 32.5 Å². The van der Waals surface area contributed by atoms with E-state index in [9.17, 15) is 19.5 Å². The first-order chi connectivity index (χ1) is 15.3. The fourth-order valence-corrected chi connectivity index (χ4v) is 8.24. The van der Waals surface area contributed by atoms with Crippen LogP contribution in [0.15, 0.2) is 12.7 Å². The molecule has 0 aromatic carbocycles. The summed E-state index contributed by atoms with van der Waals surface area (Å²) in [5.74, 6) is -1.54. The van der Waals surface area contributed by atoms with Crippen LogP contribution < -0.4 is 0 Å². The number of likely N-dealkylation sites (tertiary alicyclic amines) is 1. The van der Waals surface area contributed by atoms with Gasteiger partial charge in [0.05, 0.1) is 23.2 Å². The van der Waals surface area contributed by atoms with Gasteiger partial charge in [0.1, 0.15) is 6.04 Å². The lowest BCUT2D eigenvalue weighted by Crippen LogP contribution is -2.55. The molecule has 0 saturated carbocycles. The predicted octanol–water partition coefficient (Wildman–Crippen LogP) is 2.62. The van der Waals surface area contributed by atoms with Gasteiger partial charge in [-0.25, -0.2) is 0 Å². The smallest absolute Gasteiger partial charge is 0.311 e. The molecule has 3 aliphatic heterocycles. The molecule has 0 aromatic heterocycles. The van der Waals surface area contributed by atoms with E-state index in [-0.39, 0.29) is 31.0 Å². The Morgan fingerprint density at radius 1 is 1.31 bits per heavy atom. The van der Waals surface area contributed by atoms with Crippen LogP contribution in [0, 0.1) is 11.8 Å². The summed E-state index contributed by atoms with van der Waals surface area (Å²) in [4.78, 5) is 44.3. The Hall–Kier alpha value is -1.54. The zero-order chi connectivity index (χ0) is 23.5. The highest BCUT2D eigenvalue weighted by Gasteiger charge is 2.77. The molecule has 1 spiro atoms. The molecule has 3 heterocycles. The van der Waals surface area contributed by atoms with Gasteiger partial charge in [-0.1, -0.05) is 19.4 Å². The second kappa shape index (κ2) is 10.2. The van der Waals surface area contributed by atoms with E-state index in [4.69, 9.17) is 4.74 Å². The molecule has 2 amide bonds. The highest BCUT2D eigenvalue weighted by atomic mass is 32.2. The number of hydrogen-bond acceptors (Lipinski definition) is 6. The van der Waals surface area contributed by atoms with Crippen molar-refractivity contribution in [3.8, 4) is 0 Å².